The van der Waals surface area contributed by atoms with E-state index in [1.165, 1.54) is 11.1 Å². The fraction of sp³-hybridized carbons (Fsp3) is 0.400. The van der Waals surface area contributed by atoms with E-state index >= 15 is 0 Å². The average molecular weight is 346 g/mol. The number of fused-ring (bicyclic) bond motifs is 1. The minimum Gasteiger partial charge on any atom is -0.497 e. The first kappa shape index (κ1) is 17.1. The summed E-state index contributed by atoms with van der Waals surface area (Å²) in [4.78, 5) is 2.39. The highest BCUT2D eigenvalue weighted by Crippen LogP contribution is 2.36. The molecule has 24 heavy (non-hydrogen) atoms. The summed E-state index contributed by atoms with van der Waals surface area (Å²) in [6.07, 6.45) is 2.07. The van der Waals surface area contributed by atoms with Crippen molar-refractivity contribution < 1.29 is 9.47 Å². The Morgan fingerprint density at radius 2 is 2.12 bits per heavy atom. The van der Waals surface area contributed by atoms with Crippen LogP contribution in [0.1, 0.15) is 23.5 Å². The Hall–Kier alpha value is -1.71. The monoisotopic (exact) mass is 345 g/mol. The van der Waals surface area contributed by atoms with E-state index in [4.69, 9.17) is 21.1 Å². The summed E-state index contributed by atoms with van der Waals surface area (Å²) < 4.78 is 11.1. The maximum atomic E-state index is 6.06. The number of rotatable bonds is 6. The Balaban J connectivity index is 1.60. The molecule has 0 amide bonds. The summed E-state index contributed by atoms with van der Waals surface area (Å²) in [5.74, 6) is 2.32. The summed E-state index contributed by atoms with van der Waals surface area (Å²) in [6.45, 7) is 2.82. The third-order valence-corrected chi connectivity index (χ3v) is 4.82. The van der Waals surface area contributed by atoms with Crippen LogP contribution < -0.4 is 9.47 Å². The van der Waals surface area contributed by atoms with E-state index in [9.17, 15) is 0 Å². The van der Waals surface area contributed by atoms with Crippen LogP contribution in [0.15, 0.2) is 42.5 Å². The molecule has 0 saturated carbocycles. The third-order valence-electron chi connectivity index (χ3n) is 4.59. The number of halogens is 1. The standard InChI is InChI=1S/C20H24ClNO2/c1-22(10-8-15-4-3-5-17(21)12-15)14-16-9-11-24-20-13-18(23-2)6-7-19(16)20/h3-7,12-13,16H,8-11,14H2,1-2H3. The van der Waals surface area contributed by atoms with Gasteiger partial charge in [0.1, 0.15) is 11.5 Å². The number of benzene rings is 2. The predicted molar refractivity (Wildman–Crippen MR) is 98.5 cm³/mol. The number of hydrogen-bond donors (Lipinski definition) is 0. The minimum absolute atomic E-state index is 0.504. The number of hydrogen-bond acceptors (Lipinski definition) is 3. The van der Waals surface area contributed by atoms with Crippen LogP contribution in [-0.4, -0.2) is 38.8 Å². The summed E-state index contributed by atoms with van der Waals surface area (Å²) >= 11 is 6.06. The van der Waals surface area contributed by atoms with Gasteiger partial charge in [-0.3, -0.25) is 0 Å². The fourth-order valence-corrected chi connectivity index (χ4v) is 3.45. The molecule has 0 bridgehead atoms. The molecular weight excluding hydrogens is 322 g/mol. The van der Waals surface area contributed by atoms with Crippen molar-refractivity contribution in [2.45, 2.75) is 18.8 Å². The van der Waals surface area contributed by atoms with E-state index in [1.807, 2.05) is 30.3 Å². The Bertz CT molecular complexity index is 689. The Labute approximate surface area is 149 Å². The van der Waals surface area contributed by atoms with Gasteiger partial charge in [-0.15, -0.1) is 0 Å². The number of nitrogens with zero attached hydrogens (tertiary/aromatic N) is 1. The van der Waals surface area contributed by atoms with Gasteiger partial charge in [0.15, 0.2) is 0 Å². The molecule has 0 N–H and O–H groups in total. The van der Waals surface area contributed by atoms with Crippen LogP contribution in [0.3, 0.4) is 0 Å². The highest BCUT2D eigenvalue weighted by Gasteiger charge is 2.23. The van der Waals surface area contributed by atoms with Crippen molar-refractivity contribution in [3.8, 4) is 11.5 Å². The molecule has 3 nitrogen and oxygen atoms in total. The van der Waals surface area contributed by atoms with Gasteiger partial charge in [0.05, 0.1) is 13.7 Å². The zero-order valence-corrected chi connectivity index (χ0v) is 15.1. The van der Waals surface area contributed by atoms with Gasteiger partial charge >= 0.3 is 0 Å². The maximum Gasteiger partial charge on any atom is 0.126 e. The molecule has 3 rings (SSSR count). The van der Waals surface area contributed by atoms with Crippen molar-refractivity contribution >= 4 is 11.6 Å². The lowest BCUT2D eigenvalue weighted by Crippen LogP contribution is -2.29. The van der Waals surface area contributed by atoms with Crippen molar-refractivity contribution in [1.82, 2.24) is 4.90 Å². The highest BCUT2D eigenvalue weighted by atomic mass is 35.5. The smallest absolute Gasteiger partial charge is 0.126 e. The average Bonchev–Trinajstić information content (AvgIpc) is 2.60. The van der Waals surface area contributed by atoms with Crippen molar-refractivity contribution in [2.24, 2.45) is 0 Å². The van der Waals surface area contributed by atoms with Crippen LogP contribution in [0.2, 0.25) is 5.02 Å². The molecule has 2 aromatic rings. The predicted octanol–water partition coefficient (Wildman–Crippen LogP) is 4.39. The summed E-state index contributed by atoms with van der Waals surface area (Å²) in [5, 5.41) is 0.808. The van der Waals surface area contributed by atoms with Gasteiger partial charge in [-0.2, -0.15) is 0 Å². The molecule has 0 spiro atoms. The fourth-order valence-electron chi connectivity index (χ4n) is 3.24. The quantitative estimate of drug-likeness (QED) is 0.775. The Morgan fingerprint density at radius 1 is 1.25 bits per heavy atom. The second-order valence-electron chi connectivity index (χ2n) is 6.38. The van der Waals surface area contributed by atoms with Crippen LogP contribution in [-0.2, 0) is 6.42 Å². The number of methoxy groups -OCH3 is 1. The first-order valence-electron chi connectivity index (χ1n) is 8.39. The lowest BCUT2D eigenvalue weighted by molar-refractivity contribution is 0.231. The van der Waals surface area contributed by atoms with Crippen molar-refractivity contribution in [1.29, 1.82) is 0 Å². The molecular formula is C20H24ClNO2. The summed E-state index contributed by atoms with van der Waals surface area (Å²) in [6, 6.07) is 14.3. The van der Waals surface area contributed by atoms with E-state index in [0.717, 1.165) is 49.1 Å². The lowest BCUT2D eigenvalue weighted by atomic mass is 9.92. The van der Waals surface area contributed by atoms with Crippen LogP contribution in [0.25, 0.3) is 0 Å². The number of likely N-dealkylation sites (N-methyl/N-ethyl adjacent to an activating group) is 1. The van der Waals surface area contributed by atoms with Gasteiger partial charge < -0.3 is 14.4 Å². The van der Waals surface area contributed by atoms with Gasteiger partial charge in [-0.05, 0) is 49.2 Å². The van der Waals surface area contributed by atoms with E-state index in [0.29, 0.717) is 5.92 Å². The summed E-state index contributed by atoms with van der Waals surface area (Å²) in [5.41, 5.74) is 2.57. The maximum absolute atomic E-state index is 6.06. The molecule has 128 valence electrons. The van der Waals surface area contributed by atoms with E-state index in [1.54, 1.807) is 7.11 Å². The van der Waals surface area contributed by atoms with Crippen LogP contribution >= 0.6 is 11.6 Å². The molecule has 1 aliphatic heterocycles. The molecule has 1 aliphatic rings. The second kappa shape index (κ2) is 7.91. The lowest BCUT2D eigenvalue weighted by Gasteiger charge is -2.29. The van der Waals surface area contributed by atoms with Gasteiger partial charge in [0, 0.05) is 30.1 Å². The first-order valence-corrected chi connectivity index (χ1v) is 8.77. The van der Waals surface area contributed by atoms with Crippen molar-refractivity contribution in [2.75, 3.05) is 33.9 Å². The molecule has 1 atom stereocenters. The van der Waals surface area contributed by atoms with Crippen LogP contribution in [0, 0.1) is 0 Å². The van der Waals surface area contributed by atoms with E-state index in [2.05, 4.69) is 24.1 Å². The second-order valence-corrected chi connectivity index (χ2v) is 6.82. The molecule has 4 heteroatoms. The van der Waals surface area contributed by atoms with E-state index in [-0.39, 0.29) is 0 Å². The Morgan fingerprint density at radius 3 is 2.92 bits per heavy atom. The molecule has 1 unspecified atom stereocenters. The third kappa shape index (κ3) is 4.22. The van der Waals surface area contributed by atoms with Crippen LogP contribution in [0.4, 0.5) is 0 Å². The Kier molecular flexibility index (Phi) is 5.64. The molecule has 1 heterocycles. The zero-order valence-electron chi connectivity index (χ0n) is 14.3. The topological polar surface area (TPSA) is 21.7 Å². The minimum atomic E-state index is 0.504. The van der Waals surface area contributed by atoms with E-state index < -0.39 is 0 Å². The SMILES string of the molecule is COc1ccc2c(c1)OCCC2CN(C)CCc1cccc(Cl)c1. The number of ether oxygens (including phenoxy) is 2. The zero-order chi connectivity index (χ0) is 16.9. The van der Waals surface area contributed by atoms with Crippen LogP contribution in [0.5, 0.6) is 11.5 Å². The van der Waals surface area contributed by atoms with Crippen molar-refractivity contribution in [3.63, 3.8) is 0 Å². The molecule has 0 fully saturated rings. The molecule has 0 aliphatic carbocycles. The van der Waals surface area contributed by atoms with Gasteiger partial charge in [0.2, 0.25) is 0 Å². The molecule has 0 saturated heterocycles. The summed E-state index contributed by atoms with van der Waals surface area (Å²) in [7, 11) is 3.87. The normalized spacial score (nSPS) is 16.6. The largest absolute Gasteiger partial charge is 0.497 e. The van der Waals surface area contributed by atoms with Crippen molar-refractivity contribution in [3.05, 3.63) is 58.6 Å². The van der Waals surface area contributed by atoms with Gasteiger partial charge in [0.25, 0.3) is 0 Å². The molecule has 2 aromatic carbocycles. The highest BCUT2D eigenvalue weighted by molar-refractivity contribution is 6.30. The molecule has 0 aromatic heterocycles. The molecule has 0 radical (unpaired) electrons. The van der Waals surface area contributed by atoms with Gasteiger partial charge in [-0.25, -0.2) is 0 Å². The first-order chi connectivity index (χ1) is 11.7. The van der Waals surface area contributed by atoms with Gasteiger partial charge in [-0.1, -0.05) is 29.8 Å².